The second-order valence-electron chi connectivity index (χ2n) is 3.18. The molecule has 2 N–H and O–H groups in total. The Morgan fingerprint density at radius 3 is 2.43 bits per heavy atom. The molecule has 0 fully saturated rings. The van der Waals surface area contributed by atoms with Gasteiger partial charge in [0.25, 0.3) is 0 Å². The van der Waals surface area contributed by atoms with Crippen molar-refractivity contribution in [2.45, 2.75) is 11.3 Å². The van der Waals surface area contributed by atoms with E-state index in [0.29, 0.717) is 6.42 Å². The molecule has 3 heteroatoms. The lowest BCUT2D eigenvalue weighted by Crippen LogP contribution is -2.10. The molecule has 0 amide bonds. The van der Waals surface area contributed by atoms with Crippen molar-refractivity contribution in [1.29, 1.82) is 0 Å². The van der Waals surface area contributed by atoms with Gasteiger partial charge in [-0.15, -0.1) is 11.8 Å². The second kappa shape index (κ2) is 6.87. The molecule has 0 spiro atoms. The molecule has 0 saturated carbocycles. The molecule has 0 aliphatic rings. The fourth-order valence-electron chi connectivity index (χ4n) is 1.14. The summed E-state index contributed by atoms with van der Waals surface area (Å²) in [6.45, 7) is 0.307. The van der Waals surface area contributed by atoms with Crippen molar-refractivity contribution in [3.63, 3.8) is 0 Å². The van der Waals surface area contributed by atoms with Crippen molar-refractivity contribution in [2.75, 3.05) is 19.0 Å². The Kier molecular flexibility index (Phi) is 5.68. The lowest BCUT2D eigenvalue weighted by Gasteiger charge is -2.11. The zero-order chi connectivity index (χ0) is 10.2. The maximum Gasteiger partial charge on any atom is 0.0468 e. The van der Waals surface area contributed by atoms with Gasteiger partial charge in [0.15, 0.2) is 0 Å². The highest BCUT2D eigenvalue weighted by Crippen LogP contribution is 2.21. The molecule has 0 saturated heterocycles. The average molecular weight is 212 g/mol. The molecule has 78 valence electrons. The van der Waals surface area contributed by atoms with Crippen LogP contribution in [-0.2, 0) is 0 Å². The van der Waals surface area contributed by atoms with Crippen molar-refractivity contribution < 1.29 is 10.2 Å². The zero-order valence-corrected chi connectivity index (χ0v) is 8.91. The lowest BCUT2D eigenvalue weighted by atomic mass is 10.1. The summed E-state index contributed by atoms with van der Waals surface area (Å²) in [6, 6.07) is 10.1. The van der Waals surface area contributed by atoms with Crippen LogP contribution in [-0.4, -0.2) is 29.2 Å². The highest BCUT2D eigenvalue weighted by molar-refractivity contribution is 7.99. The van der Waals surface area contributed by atoms with E-state index in [4.69, 9.17) is 10.2 Å². The van der Waals surface area contributed by atoms with E-state index < -0.39 is 0 Å². The summed E-state index contributed by atoms with van der Waals surface area (Å²) in [4.78, 5) is 1.21. The Morgan fingerprint density at radius 1 is 1.14 bits per heavy atom. The predicted octanol–water partition coefficient (Wildman–Crippen LogP) is 1.77. The second-order valence-corrected chi connectivity index (χ2v) is 4.28. The van der Waals surface area contributed by atoms with Crippen molar-refractivity contribution >= 4 is 11.8 Å². The SMILES string of the molecule is OCC[C@@H](CO)CSc1ccccc1. The molecule has 1 rings (SSSR count). The number of thioether (sulfide) groups is 1. The predicted molar refractivity (Wildman–Crippen MR) is 59.4 cm³/mol. The molecule has 1 aromatic carbocycles. The van der Waals surface area contributed by atoms with Crippen LogP contribution in [0.4, 0.5) is 0 Å². The maximum absolute atomic E-state index is 9.01. The Bertz CT molecular complexity index is 238. The number of rotatable bonds is 6. The zero-order valence-electron chi connectivity index (χ0n) is 8.10. The topological polar surface area (TPSA) is 40.5 Å². The maximum atomic E-state index is 9.01. The first-order valence-corrected chi connectivity index (χ1v) is 5.75. The van der Waals surface area contributed by atoms with Crippen LogP contribution in [0.2, 0.25) is 0 Å². The van der Waals surface area contributed by atoms with E-state index in [0.717, 1.165) is 5.75 Å². The largest absolute Gasteiger partial charge is 0.396 e. The van der Waals surface area contributed by atoms with Crippen LogP contribution in [0.3, 0.4) is 0 Å². The average Bonchev–Trinajstić information content (AvgIpc) is 2.25. The van der Waals surface area contributed by atoms with E-state index in [1.54, 1.807) is 11.8 Å². The first-order chi connectivity index (χ1) is 6.86. The fourth-order valence-corrected chi connectivity index (χ4v) is 2.19. The van der Waals surface area contributed by atoms with E-state index in [-0.39, 0.29) is 19.1 Å². The quantitative estimate of drug-likeness (QED) is 0.706. The van der Waals surface area contributed by atoms with Gasteiger partial charge in [0.2, 0.25) is 0 Å². The van der Waals surface area contributed by atoms with Crippen molar-refractivity contribution in [3.05, 3.63) is 30.3 Å². The first-order valence-electron chi connectivity index (χ1n) is 4.76. The summed E-state index contributed by atoms with van der Waals surface area (Å²) < 4.78 is 0. The normalized spacial score (nSPS) is 12.7. The van der Waals surface area contributed by atoms with E-state index in [1.165, 1.54) is 4.90 Å². The summed E-state index contributed by atoms with van der Waals surface area (Å²) in [7, 11) is 0. The molecule has 14 heavy (non-hydrogen) atoms. The minimum Gasteiger partial charge on any atom is -0.396 e. The number of aliphatic hydroxyl groups excluding tert-OH is 2. The Morgan fingerprint density at radius 2 is 1.86 bits per heavy atom. The molecular weight excluding hydrogens is 196 g/mol. The van der Waals surface area contributed by atoms with Gasteiger partial charge >= 0.3 is 0 Å². The van der Waals surface area contributed by atoms with Gasteiger partial charge in [-0.25, -0.2) is 0 Å². The lowest BCUT2D eigenvalue weighted by molar-refractivity contribution is 0.196. The van der Waals surface area contributed by atoms with E-state index in [2.05, 4.69) is 12.1 Å². The molecular formula is C11H16O2S. The van der Waals surface area contributed by atoms with Gasteiger partial charge in [0.05, 0.1) is 0 Å². The molecule has 0 unspecified atom stereocenters. The third-order valence-corrected chi connectivity index (χ3v) is 3.27. The number of hydrogen-bond donors (Lipinski definition) is 2. The standard InChI is InChI=1S/C11H16O2S/c12-7-6-10(8-13)9-14-11-4-2-1-3-5-11/h1-5,10,12-13H,6-9H2/t10-/m0/s1. The summed E-state index contributed by atoms with van der Waals surface area (Å²) in [6.07, 6.45) is 0.677. The van der Waals surface area contributed by atoms with Crippen LogP contribution in [0.15, 0.2) is 35.2 Å². The fraction of sp³-hybridized carbons (Fsp3) is 0.455. The van der Waals surface area contributed by atoms with Crippen LogP contribution in [0.5, 0.6) is 0 Å². The third-order valence-electron chi connectivity index (χ3n) is 2.02. The van der Waals surface area contributed by atoms with Gasteiger partial charge in [-0.3, -0.25) is 0 Å². The van der Waals surface area contributed by atoms with Gasteiger partial charge < -0.3 is 10.2 Å². The highest BCUT2D eigenvalue weighted by Gasteiger charge is 2.06. The molecule has 1 aromatic rings. The molecule has 2 nitrogen and oxygen atoms in total. The molecule has 0 aliphatic heterocycles. The summed E-state index contributed by atoms with van der Waals surface area (Å²) in [5.74, 6) is 1.06. The van der Waals surface area contributed by atoms with Gasteiger partial charge in [0.1, 0.15) is 0 Å². The van der Waals surface area contributed by atoms with Crippen LogP contribution >= 0.6 is 11.8 Å². The number of hydrogen-bond acceptors (Lipinski definition) is 3. The number of benzene rings is 1. The smallest absolute Gasteiger partial charge is 0.0468 e. The third kappa shape index (κ3) is 4.13. The molecule has 0 heterocycles. The minimum absolute atomic E-state index is 0.153. The van der Waals surface area contributed by atoms with Gasteiger partial charge in [-0.2, -0.15) is 0 Å². The number of aliphatic hydroxyl groups is 2. The van der Waals surface area contributed by atoms with Crippen molar-refractivity contribution in [1.82, 2.24) is 0 Å². The van der Waals surface area contributed by atoms with Gasteiger partial charge in [-0.05, 0) is 24.5 Å². The molecule has 0 radical (unpaired) electrons. The van der Waals surface area contributed by atoms with Crippen molar-refractivity contribution in [3.8, 4) is 0 Å². The minimum atomic E-state index is 0.153. The molecule has 0 aromatic heterocycles. The molecule has 1 atom stereocenters. The molecule has 0 aliphatic carbocycles. The van der Waals surface area contributed by atoms with Crippen LogP contribution < -0.4 is 0 Å². The summed E-state index contributed by atoms with van der Waals surface area (Å²) >= 11 is 1.72. The summed E-state index contributed by atoms with van der Waals surface area (Å²) in [5, 5.41) is 17.8. The van der Waals surface area contributed by atoms with Gasteiger partial charge in [-0.1, -0.05) is 18.2 Å². The van der Waals surface area contributed by atoms with Crippen LogP contribution in [0.1, 0.15) is 6.42 Å². The summed E-state index contributed by atoms with van der Waals surface area (Å²) in [5.41, 5.74) is 0. The van der Waals surface area contributed by atoms with Gasteiger partial charge in [0, 0.05) is 23.9 Å². The Balaban J connectivity index is 2.32. The van der Waals surface area contributed by atoms with E-state index in [1.807, 2.05) is 18.2 Å². The van der Waals surface area contributed by atoms with Crippen LogP contribution in [0, 0.1) is 5.92 Å². The first kappa shape index (κ1) is 11.6. The monoisotopic (exact) mass is 212 g/mol. The Labute approximate surface area is 89.0 Å². The highest BCUT2D eigenvalue weighted by atomic mass is 32.2. The van der Waals surface area contributed by atoms with E-state index in [9.17, 15) is 0 Å². The molecule has 0 bridgehead atoms. The van der Waals surface area contributed by atoms with E-state index >= 15 is 0 Å². The van der Waals surface area contributed by atoms with Crippen molar-refractivity contribution in [2.24, 2.45) is 5.92 Å². The Hall–Kier alpha value is -0.510. The van der Waals surface area contributed by atoms with Crippen LogP contribution in [0.25, 0.3) is 0 Å².